The molecule has 0 aromatic heterocycles. The molecular formula is C16H25BrN4O2. The van der Waals surface area contributed by atoms with Gasteiger partial charge < -0.3 is 20.7 Å². The predicted molar refractivity (Wildman–Crippen MR) is 98.0 cm³/mol. The summed E-state index contributed by atoms with van der Waals surface area (Å²) in [6.07, 6.45) is 0.352. The third-order valence-corrected chi connectivity index (χ3v) is 3.63. The molecule has 0 fully saturated rings. The number of aliphatic imine (C=N–C) groups is 1. The van der Waals surface area contributed by atoms with Crippen molar-refractivity contribution in [1.29, 1.82) is 0 Å². The van der Waals surface area contributed by atoms with Crippen molar-refractivity contribution in [3.8, 4) is 0 Å². The van der Waals surface area contributed by atoms with E-state index >= 15 is 0 Å². The molecular weight excluding hydrogens is 360 g/mol. The number of anilines is 1. The van der Waals surface area contributed by atoms with Crippen LogP contribution in [0.3, 0.4) is 0 Å². The summed E-state index contributed by atoms with van der Waals surface area (Å²) in [6, 6.07) is 5.95. The highest BCUT2D eigenvalue weighted by atomic mass is 79.9. The lowest BCUT2D eigenvalue weighted by atomic mass is 10.2. The highest BCUT2D eigenvalue weighted by Gasteiger charge is 2.07. The zero-order valence-electron chi connectivity index (χ0n) is 14.1. The number of nitrogens with one attached hydrogen (secondary N) is 3. The van der Waals surface area contributed by atoms with Crippen molar-refractivity contribution in [3.63, 3.8) is 0 Å². The van der Waals surface area contributed by atoms with Crippen LogP contribution in [0.15, 0.2) is 27.7 Å². The van der Waals surface area contributed by atoms with Gasteiger partial charge in [0.25, 0.3) is 0 Å². The zero-order valence-corrected chi connectivity index (χ0v) is 15.7. The monoisotopic (exact) mass is 384 g/mol. The second kappa shape index (κ2) is 10.2. The molecule has 6 nitrogen and oxygen atoms in total. The van der Waals surface area contributed by atoms with E-state index in [0.717, 1.165) is 15.7 Å². The number of hydrogen-bond acceptors (Lipinski definition) is 3. The molecule has 3 N–H and O–H groups in total. The van der Waals surface area contributed by atoms with Crippen LogP contribution in [0.4, 0.5) is 5.69 Å². The van der Waals surface area contributed by atoms with E-state index in [1.165, 1.54) is 0 Å². The highest BCUT2D eigenvalue weighted by Crippen LogP contribution is 2.20. The number of ether oxygens (including phenoxy) is 1. The van der Waals surface area contributed by atoms with Gasteiger partial charge in [0.2, 0.25) is 5.91 Å². The smallest absolute Gasteiger partial charge is 0.226 e. The minimum Gasteiger partial charge on any atom is -0.383 e. The molecule has 0 heterocycles. The number of carbonyl (C=O) groups is 1. The molecule has 0 aliphatic heterocycles. The van der Waals surface area contributed by atoms with E-state index in [1.54, 1.807) is 14.2 Å². The Kier molecular flexibility index (Phi) is 8.65. The molecule has 0 saturated carbocycles. The number of benzene rings is 1. The molecule has 0 aliphatic carbocycles. The van der Waals surface area contributed by atoms with Crippen LogP contribution >= 0.6 is 15.9 Å². The predicted octanol–water partition coefficient (Wildman–Crippen LogP) is 2.29. The van der Waals surface area contributed by atoms with Crippen molar-refractivity contribution in [2.45, 2.75) is 26.3 Å². The maximum absolute atomic E-state index is 12.0. The molecule has 1 unspecified atom stereocenters. The number of guanidine groups is 1. The minimum absolute atomic E-state index is 0.0425. The Balaban J connectivity index is 2.39. The molecule has 0 saturated heterocycles. The number of halogens is 1. The molecule has 0 radical (unpaired) electrons. The van der Waals surface area contributed by atoms with Gasteiger partial charge in [0, 0.05) is 43.3 Å². The Hall–Kier alpha value is -1.60. The quantitative estimate of drug-likeness (QED) is 0.497. The van der Waals surface area contributed by atoms with Gasteiger partial charge in [-0.25, -0.2) is 0 Å². The highest BCUT2D eigenvalue weighted by molar-refractivity contribution is 9.10. The van der Waals surface area contributed by atoms with Crippen LogP contribution in [0.2, 0.25) is 0 Å². The summed E-state index contributed by atoms with van der Waals surface area (Å²) < 4.78 is 6.00. The fourth-order valence-corrected chi connectivity index (χ4v) is 2.32. The molecule has 128 valence electrons. The average molecular weight is 385 g/mol. The normalized spacial score (nSPS) is 12.7. The summed E-state index contributed by atoms with van der Waals surface area (Å²) in [7, 11) is 3.35. The number of hydrogen-bond donors (Lipinski definition) is 3. The van der Waals surface area contributed by atoms with Gasteiger partial charge >= 0.3 is 0 Å². The summed E-state index contributed by atoms with van der Waals surface area (Å²) in [5.41, 5.74) is 1.85. The summed E-state index contributed by atoms with van der Waals surface area (Å²) >= 11 is 3.40. The Morgan fingerprint density at radius 2 is 2.17 bits per heavy atom. The van der Waals surface area contributed by atoms with Crippen LogP contribution in [0.1, 0.15) is 18.9 Å². The number of carbonyl (C=O) groups excluding carboxylic acids is 1. The standard InChI is InChI=1S/C16H25BrN4O2/c1-11-5-6-13(17)9-14(11)21-15(22)7-8-19-16(18-3)20-12(2)10-23-4/h5-6,9,12H,7-8,10H2,1-4H3,(H,21,22)(H2,18,19,20). The topological polar surface area (TPSA) is 74.8 Å². The Bertz CT molecular complexity index is 549. The lowest BCUT2D eigenvalue weighted by molar-refractivity contribution is -0.116. The molecule has 1 rings (SSSR count). The Labute approximate surface area is 146 Å². The van der Waals surface area contributed by atoms with Crippen molar-refractivity contribution in [1.82, 2.24) is 10.6 Å². The molecule has 0 bridgehead atoms. The summed E-state index contributed by atoms with van der Waals surface area (Å²) in [5, 5.41) is 9.21. The van der Waals surface area contributed by atoms with Gasteiger partial charge in [-0.2, -0.15) is 0 Å². The third kappa shape index (κ3) is 7.47. The summed E-state index contributed by atoms with van der Waals surface area (Å²) in [4.78, 5) is 16.1. The minimum atomic E-state index is -0.0425. The van der Waals surface area contributed by atoms with E-state index in [0.29, 0.717) is 25.5 Å². The number of nitrogens with zero attached hydrogens (tertiary/aromatic N) is 1. The van der Waals surface area contributed by atoms with E-state index < -0.39 is 0 Å². The fraction of sp³-hybridized carbons (Fsp3) is 0.500. The van der Waals surface area contributed by atoms with Crippen molar-refractivity contribution < 1.29 is 9.53 Å². The van der Waals surface area contributed by atoms with Crippen molar-refractivity contribution in [3.05, 3.63) is 28.2 Å². The van der Waals surface area contributed by atoms with E-state index in [2.05, 4.69) is 36.9 Å². The van der Waals surface area contributed by atoms with Crippen LogP contribution in [0, 0.1) is 6.92 Å². The van der Waals surface area contributed by atoms with Gasteiger partial charge in [-0.15, -0.1) is 0 Å². The fourth-order valence-electron chi connectivity index (χ4n) is 1.96. The second-order valence-corrected chi connectivity index (χ2v) is 6.17. The first kappa shape index (κ1) is 19.4. The maximum atomic E-state index is 12.0. The van der Waals surface area contributed by atoms with Crippen LogP contribution < -0.4 is 16.0 Å². The average Bonchev–Trinajstić information content (AvgIpc) is 2.50. The second-order valence-electron chi connectivity index (χ2n) is 5.26. The number of aryl methyl sites for hydroxylation is 1. The van der Waals surface area contributed by atoms with Gasteiger partial charge in [-0.05, 0) is 31.5 Å². The molecule has 0 spiro atoms. The van der Waals surface area contributed by atoms with Crippen molar-refractivity contribution in [2.24, 2.45) is 4.99 Å². The largest absolute Gasteiger partial charge is 0.383 e. The first-order valence-electron chi connectivity index (χ1n) is 7.48. The van der Waals surface area contributed by atoms with E-state index in [-0.39, 0.29) is 11.9 Å². The van der Waals surface area contributed by atoms with Gasteiger partial charge in [-0.1, -0.05) is 22.0 Å². The molecule has 0 aliphatic rings. The van der Waals surface area contributed by atoms with Crippen LogP contribution in [0.25, 0.3) is 0 Å². The third-order valence-electron chi connectivity index (χ3n) is 3.14. The molecule has 1 aromatic rings. The SMILES string of the molecule is CN=C(NCCC(=O)Nc1cc(Br)ccc1C)NC(C)COC. The maximum Gasteiger partial charge on any atom is 0.226 e. The van der Waals surface area contributed by atoms with Gasteiger partial charge in [-0.3, -0.25) is 9.79 Å². The molecule has 1 atom stereocenters. The summed E-state index contributed by atoms with van der Waals surface area (Å²) in [6.45, 7) is 5.05. The van der Waals surface area contributed by atoms with Crippen molar-refractivity contribution in [2.75, 3.05) is 32.6 Å². The Morgan fingerprint density at radius 1 is 1.43 bits per heavy atom. The van der Waals surface area contributed by atoms with Gasteiger partial charge in [0.1, 0.15) is 0 Å². The van der Waals surface area contributed by atoms with E-state index in [9.17, 15) is 4.79 Å². The van der Waals surface area contributed by atoms with Crippen LogP contribution in [-0.2, 0) is 9.53 Å². The molecule has 1 aromatic carbocycles. The Morgan fingerprint density at radius 3 is 2.83 bits per heavy atom. The van der Waals surface area contributed by atoms with Crippen LogP contribution in [0.5, 0.6) is 0 Å². The van der Waals surface area contributed by atoms with Crippen LogP contribution in [-0.4, -0.2) is 45.2 Å². The lowest BCUT2D eigenvalue weighted by Crippen LogP contribution is -2.44. The van der Waals surface area contributed by atoms with E-state index in [4.69, 9.17) is 4.74 Å². The number of methoxy groups -OCH3 is 1. The van der Waals surface area contributed by atoms with Gasteiger partial charge in [0.15, 0.2) is 5.96 Å². The first-order valence-corrected chi connectivity index (χ1v) is 8.27. The van der Waals surface area contributed by atoms with Gasteiger partial charge in [0.05, 0.1) is 6.61 Å². The molecule has 7 heteroatoms. The zero-order chi connectivity index (χ0) is 17.2. The molecule has 1 amide bonds. The summed E-state index contributed by atoms with van der Waals surface area (Å²) in [5.74, 6) is 0.611. The number of amides is 1. The first-order chi connectivity index (χ1) is 11.0. The molecule has 23 heavy (non-hydrogen) atoms. The number of rotatable bonds is 7. The lowest BCUT2D eigenvalue weighted by Gasteiger charge is -2.17. The van der Waals surface area contributed by atoms with Crippen molar-refractivity contribution >= 4 is 33.5 Å². The van der Waals surface area contributed by atoms with E-state index in [1.807, 2.05) is 32.0 Å².